The fraction of sp³-hybridized carbons (Fsp3) is 0.0952. The van der Waals surface area contributed by atoms with Crippen LogP contribution in [0.4, 0.5) is 5.69 Å². The highest BCUT2D eigenvalue weighted by atomic mass is 35.5. The molecule has 4 aromatic rings. The van der Waals surface area contributed by atoms with E-state index in [1.165, 1.54) is 35.9 Å². The van der Waals surface area contributed by atoms with E-state index in [1.54, 1.807) is 36.0 Å². The second kappa shape index (κ2) is 9.11. The van der Waals surface area contributed by atoms with Crippen LogP contribution in [0.5, 0.6) is 5.75 Å². The molecule has 0 aliphatic carbocycles. The Labute approximate surface area is 192 Å². The molecule has 1 amide bonds. The number of sulfone groups is 1. The Hall–Kier alpha value is -3.21. The zero-order valence-electron chi connectivity index (χ0n) is 16.6. The number of thiophene rings is 1. The van der Waals surface area contributed by atoms with Crippen molar-refractivity contribution in [2.45, 2.75) is 11.5 Å². The van der Waals surface area contributed by atoms with Gasteiger partial charge in [0.05, 0.1) is 16.0 Å². The molecule has 0 fully saturated rings. The lowest BCUT2D eigenvalue weighted by Gasteiger charge is -2.08. The Bertz CT molecular complexity index is 1370. The quantitative estimate of drug-likeness (QED) is 0.401. The van der Waals surface area contributed by atoms with Crippen molar-refractivity contribution in [1.29, 1.82) is 0 Å². The number of carbonyl (C=O) groups is 1. The summed E-state index contributed by atoms with van der Waals surface area (Å²) in [5.41, 5.74) is 1.56. The van der Waals surface area contributed by atoms with Crippen molar-refractivity contribution in [3.05, 3.63) is 76.2 Å². The number of rotatable bonds is 7. The van der Waals surface area contributed by atoms with Gasteiger partial charge in [0, 0.05) is 34.1 Å². The number of hydrogen-bond acceptors (Lipinski definition) is 8. The summed E-state index contributed by atoms with van der Waals surface area (Å²) in [6.07, 6.45) is 5.59. The first kappa shape index (κ1) is 22.0. The van der Waals surface area contributed by atoms with Gasteiger partial charge in [0.15, 0.2) is 22.0 Å². The van der Waals surface area contributed by atoms with Gasteiger partial charge in [-0.1, -0.05) is 11.6 Å². The molecule has 0 saturated heterocycles. The number of hydrogen-bond donors (Lipinski definition) is 1. The van der Waals surface area contributed by atoms with E-state index in [4.69, 9.17) is 20.8 Å². The number of carbonyl (C=O) groups excluding carboxylic acids is 1. The molecule has 0 aliphatic heterocycles. The average Bonchev–Trinajstić information content (AvgIpc) is 3.44. The number of halogens is 1. The van der Waals surface area contributed by atoms with Crippen LogP contribution in [0, 0.1) is 0 Å². The molecule has 3 heterocycles. The zero-order valence-corrected chi connectivity index (χ0v) is 19.0. The minimum atomic E-state index is -3.47. The van der Waals surface area contributed by atoms with Crippen LogP contribution in [-0.2, 0) is 16.4 Å². The van der Waals surface area contributed by atoms with Crippen molar-refractivity contribution < 1.29 is 22.4 Å². The predicted octanol–water partition coefficient (Wildman–Crippen LogP) is 4.69. The first-order valence-electron chi connectivity index (χ1n) is 9.16. The predicted molar refractivity (Wildman–Crippen MR) is 121 cm³/mol. The van der Waals surface area contributed by atoms with Crippen molar-refractivity contribution in [1.82, 2.24) is 9.97 Å². The molecule has 0 radical (unpaired) electrons. The lowest BCUT2D eigenvalue weighted by atomic mass is 10.2. The van der Waals surface area contributed by atoms with Crippen molar-refractivity contribution >= 4 is 44.4 Å². The van der Waals surface area contributed by atoms with Crippen LogP contribution in [0.15, 0.2) is 69.9 Å². The monoisotopic (exact) mass is 489 g/mol. The Morgan fingerprint density at radius 2 is 2.12 bits per heavy atom. The van der Waals surface area contributed by atoms with Crippen molar-refractivity contribution in [3.63, 3.8) is 0 Å². The molecule has 0 saturated carbocycles. The number of anilines is 1. The zero-order chi connectivity index (χ0) is 22.7. The summed E-state index contributed by atoms with van der Waals surface area (Å²) in [5.74, 6) is 0.699. The summed E-state index contributed by atoms with van der Waals surface area (Å²) in [4.78, 5) is 21.4. The molecule has 3 aromatic heterocycles. The summed E-state index contributed by atoms with van der Waals surface area (Å²) in [5, 5.41) is 4.68. The number of aromatic nitrogens is 2. The Morgan fingerprint density at radius 3 is 2.88 bits per heavy atom. The number of nitrogens with one attached hydrogen (secondary N) is 1. The van der Waals surface area contributed by atoms with E-state index in [1.807, 2.05) is 0 Å². The molecule has 11 heteroatoms. The van der Waals surface area contributed by atoms with Crippen molar-refractivity contribution in [3.8, 4) is 17.0 Å². The van der Waals surface area contributed by atoms with E-state index < -0.39 is 15.7 Å². The summed E-state index contributed by atoms with van der Waals surface area (Å²) in [6, 6.07) is 9.38. The highest BCUT2D eigenvalue weighted by Crippen LogP contribution is 2.32. The Balaban J connectivity index is 1.53. The van der Waals surface area contributed by atoms with Gasteiger partial charge in [-0.3, -0.25) is 9.78 Å². The third kappa shape index (κ3) is 5.16. The van der Waals surface area contributed by atoms with Crippen molar-refractivity contribution in [2.24, 2.45) is 0 Å². The van der Waals surface area contributed by atoms with E-state index in [-0.39, 0.29) is 22.2 Å². The summed E-state index contributed by atoms with van der Waals surface area (Å²) in [7, 11) is -3.47. The molecular weight excluding hydrogens is 474 g/mol. The number of oxazole rings is 1. The lowest BCUT2D eigenvalue weighted by molar-refractivity contribution is 0.103. The van der Waals surface area contributed by atoms with Gasteiger partial charge >= 0.3 is 0 Å². The largest absolute Gasteiger partial charge is 0.483 e. The molecular formula is C21H16ClN3O5S2. The van der Waals surface area contributed by atoms with Crippen LogP contribution in [0.1, 0.15) is 15.4 Å². The summed E-state index contributed by atoms with van der Waals surface area (Å²) >= 11 is 7.23. The standard InChI is InChI=1S/C21H16ClN3O5S2/c1-32(27,28)17-7-14(22)6-15(8-17)25-21(26)19-5-13(11-31-19)20-18(3-2-4-24-20)29-10-16-9-23-12-30-16/h2-9,11-12H,10H2,1H3,(H,25,26). The van der Waals surface area contributed by atoms with Gasteiger partial charge in [-0.15, -0.1) is 11.3 Å². The highest BCUT2D eigenvalue weighted by molar-refractivity contribution is 7.90. The first-order valence-corrected chi connectivity index (χ1v) is 12.3. The number of ether oxygens (including phenoxy) is 1. The second-order valence-electron chi connectivity index (χ2n) is 6.71. The minimum Gasteiger partial charge on any atom is -0.483 e. The summed E-state index contributed by atoms with van der Waals surface area (Å²) in [6.45, 7) is 0.188. The van der Waals surface area contributed by atoms with Crippen LogP contribution >= 0.6 is 22.9 Å². The van der Waals surface area contributed by atoms with Gasteiger partial charge in [0.1, 0.15) is 18.1 Å². The molecule has 164 valence electrons. The molecule has 32 heavy (non-hydrogen) atoms. The minimum absolute atomic E-state index is 0.0224. The third-order valence-corrected chi connectivity index (χ3v) is 6.52. The van der Waals surface area contributed by atoms with Crippen molar-refractivity contribution in [2.75, 3.05) is 11.6 Å². The van der Waals surface area contributed by atoms with E-state index in [9.17, 15) is 13.2 Å². The van der Waals surface area contributed by atoms with Crippen LogP contribution in [0.25, 0.3) is 11.3 Å². The fourth-order valence-electron chi connectivity index (χ4n) is 2.81. The van der Waals surface area contributed by atoms with Crippen LogP contribution in [0.3, 0.4) is 0 Å². The van der Waals surface area contributed by atoms with Gasteiger partial charge in [-0.2, -0.15) is 0 Å². The Morgan fingerprint density at radius 1 is 1.28 bits per heavy atom. The van der Waals surface area contributed by atoms with E-state index >= 15 is 0 Å². The van der Waals surface area contributed by atoms with E-state index in [2.05, 4.69) is 15.3 Å². The topological polar surface area (TPSA) is 111 Å². The molecule has 8 nitrogen and oxygen atoms in total. The molecule has 0 spiro atoms. The molecule has 0 aliphatic rings. The maximum atomic E-state index is 12.7. The normalized spacial score (nSPS) is 11.3. The second-order valence-corrected chi connectivity index (χ2v) is 10.1. The van der Waals surface area contributed by atoms with Crippen LogP contribution in [0.2, 0.25) is 5.02 Å². The average molecular weight is 490 g/mol. The van der Waals surface area contributed by atoms with Gasteiger partial charge in [0.2, 0.25) is 0 Å². The number of nitrogens with zero attached hydrogens (tertiary/aromatic N) is 2. The Kier molecular flexibility index (Phi) is 6.26. The fourth-order valence-corrected chi connectivity index (χ4v) is 4.58. The number of pyridine rings is 1. The maximum Gasteiger partial charge on any atom is 0.265 e. The highest BCUT2D eigenvalue weighted by Gasteiger charge is 2.16. The molecule has 0 atom stereocenters. The smallest absolute Gasteiger partial charge is 0.265 e. The molecule has 1 aromatic carbocycles. The van der Waals surface area contributed by atoms with Gasteiger partial charge in [0.25, 0.3) is 5.91 Å². The van der Waals surface area contributed by atoms with Gasteiger partial charge in [-0.25, -0.2) is 13.4 Å². The third-order valence-electron chi connectivity index (χ3n) is 4.28. The van der Waals surface area contributed by atoms with Crippen LogP contribution < -0.4 is 10.1 Å². The maximum absolute atomic E-state index is 12.7. The first-order chi connectivity index (χ1) is 15.3. The van der Waals surface area contributed by atoms with Gasteiger partial charge < -0.3 is 14.5 Å². The van der Waals surface area contributed by atoms with Gasteiger partial charge in [-0.05, 0) is 36.4 Å². The molecule has 0 unspecified atom stereocenters. The molecule has 4 rings (SSSR count). The van der Waals surface area contributed by atoms with Crippen LogP contribution in [-0.4, -0.2) is 30.5 Å². The van der Waals surface area contributed by atoms with E-state index in [0.717, 1.165) is 6.26 Å². The van der Waals surface area contributed by atoms with E-state index in [0.29, 0.717) is 27.6 Å². The molecule has 1 N–H and O–H groups in total. The summed E-state index contributed by atoms with van der Waals surface area (Å²) < 4.78 is 34.6. The molecule has 0 bridgehead atoms. The SMILES string of the molecule is CS(=O)(=O)c1cc(Cl)cc(NC(=O)c2cc(-c3ncccc3OCc3cnco3)cs2)c1. The lowest BCUT2D eigenvalue weighted by Crippen LogP contribution is -2.11. The number of benzene rings is 1. The number of amides is 1.